The van der Waals surface area contributed by atoms with Gasteiger partial charge in [-0.25, -0.2) is 13.5 Å². The third-order valence-corrected chi connectivity index (χ3v) is 6.28. The Labute approximate surface area is 173 Å². The molecule has 1 saturated carbocycles. The Morgan fingerprint density at radius 3 is 2.67 bits per heavy atom. The van der Waals surface area contributed by atoms with Crippen LogP contribution in [0.2, 0.25) is 0 Å². The number of halogens is 2. The van der Waals surface area contributed by atoms with E-state index < -0.39 is 11.6 Å². The number of hydrogen-bond donors (Lipinski definition) is 1. The van der Waals surface area contributed by atoms with E-state index in [9.17, 15) is 18.4 Å². The van der Waals surface area contributed by atoms with E-state index in [0.29, 0.717) is 30.5 Å². The zero-order valence-electron chi connectivity index (χ0n) is 16.7. The van der Waals surface area contributed by atoms with Crippen molar-refractivity contribution in [2.24, 2.45) is 5.92 Å². The van der Waals surface area contributed by atoms with Crippen LogP contribution < -0.4 is 5.32 Å². The van der Waals surface area contributed by atoms with E-state index in [4.69, 9.17) is 0 Å². The summed E-state index contributed by atoms with van der Waals surface area (Å²) in [5.74, 6) is -2.19. The molecule has 1 aromatic carbocycles. The second-order valence-electron chi connectivity index (χ2n) is 8.51. The maximum atomic E-state index is 13.8. The second-order valence-corrected chi connectivity index (χ2v) is 8.51. The van der Waals surface area contributed by atoms with Crippen molar-refractivity contribution in [2.75, 3.05) is 13.1 Å². The molecule has 1 N–H and O–H groups in total. The zero-order valence-corrected chi connectivity index (χ0v) is 16.7. The van der Waals surface area contributed by atoms with Gasteiger partial charge in [0.2, 0.25) is 5.91 Å². The molecule has 158 valence electrons. The topological polar surface area (TPSA) is 67.2 Å². The lowest BCUT2D eigenvalue weighted by molar-refractivity contribution is -0.126. The summed E-state index contributed by atoms with van der Waals surface area (Å²) in [7, 11) is 0. The number of hydrogen-bond acceptors (Lipinski definition) is 3. The fourth-order valence-corrected chi connectivity index (χ4v) is 4.51. The minimum absolute atomic E-state index is 0.0348. The molecular weight excluding hydrogens is 390 g/mol. The minimum Gasteiger partial charge on any atom is -0.353 e. The van der Waals surface area contributed by atoms with Gasteiger partial charge in [0.15, 0.2) is 17.3 Å². The van der Waals surface area contributed by atoms with Gasteiger partial charge >= 0.3 is 0 Å². The van der Waals surface area contributed by atoms with Crippen LogP contribution in [0.1, 0.15) is 53.8 Å². The highest BCUT2D eigenvalue weighted by molar-refractivity contribution is 5.95. The third kappa shape index (κ3) is 3.48. The summed E-state index contributed by atoms with van der Waals surface area (Å²) in [6.07, 6.45) is 6.00. The van der Waals surface area contributed by atoms with E-state index in [1.807, 2.05) is 0 Å². The van der Waals surface area contributed by atoms with Gasteiger partial charge in [-0.2, -0.15) is 5.10 Å². The molecule has 1 saturated heterocycles. The number of likely N-dealkylation sites (tertiary alicyclic amines) is 1. The van der Waals surface area contributed by atoms with Crippen LogP contribution in [0.3, 0.4) is 0 Å². The Morgan fingerprint density at radius 2 is 1.90 bits per heavy atom. The van der Waals surface area contributed by atoms with Crippen molar-refractivity contribution in [2.45, 2.75) is 51.0 Å². The number of fused-ring (bicyclic) bond motifs is 1. The molecular formula is C22H24F2N4O2. The summed E-state index contributed by atoms with van der Waals surface area (Å²) in [4.78, 5) is 27.5. The van der Waals surface area contributed by atoms with Gasteiger partial charge < -0.3 is 10.2 Å². The van der Waals surface area contributed by atoms with E-state index in [1.54, 1.807) is 9.58 Å². The van der Waals surface area contributed by atoms with Crippen LogP contribution in [-0.4, -0.2) is 45.6 Å². The minimum atomic E-state index is -0.942. The molecule has 2 heterocycles. The first kappa shape index (κ1) is 19.2. The van der Waals surface area contributed by atoms with Crippen molar-refractivity contribution in [3.05, 3.63) is 46.8 Å². The standard InChI is InChI=1S/C22H24F2N4O2/c23-17-9-8-15(11-18(17)24)28-19-5-1-4-16(19)20(26-28)22(30)27-10-2-3-13(12-27)21(29)25-14-6-7-14/h8-9,11,13-14H,1-7,10,12H2,(H,25,29). The average molecular weight is 414 g/mol. The first-order valence-electron chi connectivity index (χ1n) is 10.7. The first-order chi connectivity index (χ1) is 14.5. The Morgan fingerprint density at radius 1 is 1.07 bits per heavy atom. The molecule has 1 unspecified atom stereocenters. The molecule has 8 heteroatoms. The first-order valence-corrected chi connectivity index (χ1v) is 10.7. The molecule has 5 rings (SSSR count). The van der Waals surface area contributed by atoms with Gasteiger partial charge in [-0.05, 0) is 57.1 Å². The number of carbonyl (C=O) groups is 2. The lowest BCUT2D eigenvalue weighted by Gasteiger charge is -2.31. The third-order valence-electron chi connectivity index (χ3n) is 6.28. The van der Waals surface area contributed by atoms with Crippen molar-refractivity contribution < 1.29 is 18.4 Å². The van der Waals surface area contributed by atoms with Crippen molar-refractivity contribution in [3.8, 4) is 5.69 Å². The van der Waals surface area contributed by atoms with Crippen LogP contribution in [0.15, 0.2) is 18.2 Å². The molecule has 2 fully saturated rings. The Kier molecular flexibility index (Phi) is 4.79. The summed E-state index contributed by atoms with van der Waals surface area (Å²) in [5.41, 5.74) is 2.54. The van der Waals surface area contributed by atoms with Gasteiger partial charge in [0.25, 0.3) is 5.91 Å². The van der Waals surface area contributed by atoms with Gasteiger partial charge in [0.05, 0.1) is 11.6 Å². The van der Waals surface area contributed by atoms with Gasteiger partial charge in [-0.3, -0.25) is 9.59 Å². The molecule has 1 aliphatic heterocycles. The van der Waals surface area contributed by atoms with Crippen LogP contribution in [0, 0.1) is 17.6 Å². The fraction of sp³-hybridized carbons (Fsp3) is 0.500. The largest absolute Gasteiger partial charge is 0.353 e. The predicted molar refractivity (Wildman–Crippen MR) is 105 cm³/mol. The molecule has 2 aromatic rings. The molecule has 0 spiro atoms. The monoisotopic (exact) mass is 414 g/mol. The summed E-state index contributed by atoms with van der Waals surface area (Å²) < 4.78 is 28.7. The quantitative estimate of drug-likeness (QED) is 0.837. The second kappa shape index (κ2) is 7.49. The Hall–Kier alpha value is -2.77. The number of carbonyl (C=O) groups excluding carboxylic acids is 2. The Balaban J connectivity index is 1.40. The highest BCUT2D eigenvalue weighted by Crippen LogP contribution is 2.30. The molecule has 2 amide bonds. The predicted octanol–water partition coefficient (Wildman–Crippen LogP) is 2.77. The van der Waals surface area contributed by atoms with Crippen molar-refractivity contribution in [3.63, 3.8) is 0 Å². The average Bonchev–Trinajstić information content (AvgIpc) is 3.30. The normalized spacial score (nSPS) is 20.9. The maximum absolute atomic E-state index is 13.8. The highest BCUT2D eigenvalue weighted by atomic mass is 19.2. The number of rotatable bonds is 4. The van der Waals surface area contributed by atoms with Gasteiger partial charge in [-0.15, -0.1) is 0 Å². The molecule has 6 nitrogen and oxygen atoms in total. The number of aromatic nitrogens is 2. The van der Waals surface area contributed by atoms with Gasteiger partial charge in [0.1, 0.15) is 0 Å². The molecule has 0 radical (unpaired) electrons. The van der Waals surface area contributed by atoms with E-state index in [-0.39, 0.29) is 17.7 Å². The Bertz CT molecular complexity index is 1010. The van der Waals surface area contributed by atoms with Gasteiger partial charge in [-0.1, -0.05) is 0 Å². The van der Waals surface area contributed by atoms with Crippen LogP contribution in [0.4, 0.5) is 8.78 Å². The zero-order chi connectivity index (χ0) is 20.8. The summed E-state index contributed by atoms with van der Waals surface area (Å²) in [6.45, 7) is 0.989. The van der Waals surface area contributed by atoms with Crippen LogP contribution in [0.5, 0.6) is 0 Å². The molecule has 1 aromatic heterocycles. The van der Waals surface area contributed by atoms with Crippen molar-refractivity contribution >= 4 is 11.8 Å². The lowest BCUT2D eigenvalue weighted by atomic mass is 9.96. The van der Waals surface area contributed by atoms with Gasteiger partial charge in [0, 0.05) is 36.5 Å². The smallest absolute Gasteiger partial charge is 0.274 e. The van der Waals surface area contributed by atoms with Crippen molar-refractivity contribution in [1.82, 2.24) is 20.0 Å². The highest BCUT2D eigenvalue weighted by Gasteiger charge is 2.35. The van der Waals surface area contributed by atoms with Crippen LogP contribution in [-0.2, 0) is 17.6 Å². The van der Waals surface area contributed by atoms with E-state index >= 15 is 0 Å². The molecule has 3 aliphatic rings. The van der Waals surface area contributed by atoms with E-state index in [0.717, 1.165) is 68.3 Å². The number of amides is 2. The lowest BCUT2D eigenvalue weighted by Crippen LogP contribution is -2.46. The number of nitrogens with zero attached hydrogens (tertiary/aromatic N) is 3. The van der Waals surface area contributed by atoms with Crippen LogP contribution in [0.25, 0.3) is 5.69 Å². The molecule has 2 aliphatic carbocycles. The van der Waals surface area contributed by atoms with Crippen molar-refractivity contribution in [1.29, 1.82) is 0 Å². The van der Waals surface area contributed by atoms with E-state index in [2.05, 4.69) is 10.4 Å². The summed E-state index contributed by atoms with van der Waals surface area (Å²) in [5, 5.41) is 7.55. The van der Waals surface area contributed by atoms with Crippen LogP contribution >= 0.6 is 0 Å². The van der Waals surface area contributed by atoms with E-state index in [1.165, 1.54) is 6.07 Å². The maximum Gasteiger partial charge on any atom is 0.274 e. The number of piperidine rings is 1. The molecule has 30 heavy (non-hydrogen) atoms. The number of benzene rings is 1. The fourth-order valence-electron chi connectivity index (χ4n) is 4.51. The molecule has 1 atom stereocenters. The summed E-state index contributed by atoms with van der Waals surface area (Å²) >= 11 is 0. The SMILES string of the molecule is O=C(NC1CC1)C1CCCN(C(=O)c2nn(-c3ccc(F)c(F)c3)c3c2CCC3)C1. The molecule has 0 bridgehead atoms. The number of nitrogens with one attached hydrogen (secondary N) is 1. The summed E-state index contributed by atoms with van der Waals surface area (Å²) in [6, 6.07) is 3.95.